The number of ether oxygens (including phenoxy) is 1. The number of anilines is 1. The summed E-state index contributed by atoms with van der Waals surface area (Å²) in [6, 6.07) is 11.3. The van der Waals surface area contributed by atoms with Crippen molar-refractivity contribution in [3.05, 3.63) is 64.4 Å². The van der Waals surface area contributed by atoms with E-state index in [2.05, 4.69) is 5.10 Å². The Hall–Kier alpha value is -3.72. The summed E-state index contributed by atoms with van der Waals surface area (Å²) in [6.45, 7) is 0.611. The van der Waals surface area contributed by atoms with Crippen LogP contribution in [0.4, 0.5) is 5.69 Å². The Morgan fingerprint density at radius 2 is 1.88 bits per heavy atom. The van der Waals surface area contributed by atoms with Gasteiger partial charge >= 0.3 is 0 Å². The number of phenolic OH excluding ortho intramolecular Hbond substituents is 2. The molecule has 2 amide bonds. The fourth-order valence-electron chi connectivity index (χ4n) is 4.23. The quantitative estimate of drug-likeness (QED) is 0.571. The van der Waals surface area contributed by atoms with Crippen LogP contribution >= 0.6 is 11.6 Å². The van der Waals surface area contributed by atoms with E-state index in [0.29, 0.717) is 29.4 Å². The second-order valence-corrected chi connectivity index (χ2v) is 8.40. The molecule has 1 aromatic heterocycles. The first kappa shape index (κ1) is 21.1. The van der Waals surface area contributed by atoms with Gasteiger partial charge in [0.1, 0.15) is 23.6 Å². The zero-order valence-corrected chi connectivity index (χ0v) is 18.5. The summed E-state index contributed by atoms with van der Waals surface area (Å²) in [4.78, 5) is 29.4. The number of benzene rings is 2. The van der Waals surface area contributed by atoms with Gasteiger partial charge < -0.3 is 24.7 Å². The molecule has 0 bridgehead atoms. The van der Waals surface area contributed by atoms with Gasteiger partial charge in [0.25, 0.3) is 11.8 Å². The minimum absolute atomic E-state index is 0.0973. The van der Waals surface area contributed by atoms with Gasteiger partial charge in [-0.15, -0.1) is 0 Å². The fraction of sp³-hybridized carbons (Fsp3) is 0.261. The van der Waals surface area contributed by atoms with Gasteiger partial charge in [-0.05, 0) is 12.0 Å². The van der Waals surface area contributed by atoms with E-state index in [1.165, 1.54) is 29.0 Å². The van der Waals surface area contributed by atoms with Crippen LogP contribution in [0.25, 0.3) is 0 Å². The molecular weight excluding hydrogens is 448 g/mol. The van der Waals surface area contributed by atoms with Crippen molar-refractivity contribution in [1.29, 1.82) is 0 Å². The molecule has 0 saturated carbocycles. The molecule has 9 nitrogen and oxygen atoms in total. The van der Waals surface area contributed by atoms with Crippen LogP contribution in [0.2, 0.25) is 5.15 Å². The molecule has 1 atom stereocenters. The van der Waals surface area contributed by atoms with Gasteiger partial charge in [-0.3, -0.25) is 9.59 Å². The number of rotatable bonds is 3. The van der Waals surface area contributed by atoms with Crippen LogP contribution in [0, 0.1) is 0 Å². The second-order valence-electron chi connectivity index (χ2n) is 8.04. The van der Waals surface area contributed by atoms with E-state index in [1.54, 1.807) is 4.68 Å². The highest BCUT2D eigenvalue weighted by molar-refractivity contribution is 6.31. The highest BCUT2D eigenvalue weighted by Gasteiger charge is 2.41. The summed E-state index contributed by atoms with van der Waals surface area (Å²) < 4.78 is 7.36. The Kier molecular flexibility index (Phi) is 5.13. The number of likely N-dealkylation sites (N-methyl/N-ethyl adjacent to an activating group) is 1. The molecule has 0 unspecified atom stereocenters. The zero-order valence-electron chi connectivity index (χ0n) is 17.7. The molecule has 2 aliphatic heterocycles. The van der Waals surface area contributed by atoms with Crippen LogP contribution in [0.1, 0.15) is 21.6 Å². The van der Waals surface area contributed by atoms with E-state index in [9.17, 15) is 19.8 Å². The molecule has 3 aromatic rings. The lowest BCUT2D eigenvalue weighted by molar-refractivity contribution is -0.123. The largest absolute Gasteiger partial charge is 0.504 e. The van der Waals surface area contributed by atoms with Crippen molar-refractivity contribution < 1.29 is 24.5 Å². The molecule has 2 aromatic carbocycles. The average Bonchev–Trinajstić information content (AvgIpc) is 3.07. The lowest BCUT2D eigenvalue weighted by atomic mass is 10.0. The van der Waals surface area contributed by atoms with Crippen molar-refractivity contribution in [1.82, 2.24) is 14.7 Å². The van der Waals surface area contributed by atoms with Crippen LogP contribution in [-0.4, -0.2) is 62.9 Å². The number of aromatic hydroxyl groups is 2. The summed E-state index contributed by atoms with van der Waals surface area (Å²) in [6.07, 6.45) is 0.455. The Balaban J connectivity index is 1.43. The minimum atomic E-state index is -0.898. The van der Waals surface area contributed by atoms with Gasteiger partial charge in [-0.1, -0.05) is 41.9 Å². The van der Waals surface area contributed by atoms with E-state index in [0.717, 1.165) is 5.56 Å². The highest BCUT2D eigenvalue weighted by Crippen LogP contribution is 2.40. The smallest absolute Gasteiger partial charge is 0.275 e. The van der Waals surface area contributed by atoms with Crippen molar-refractivity contribution in [2.45, 2.75) is 19.0 Å². The molecule has 33 heavy (non-hydrogen) atoms. The van der Waals surface area contributed by atoms with E-state index < -0.39 is 11.9 Å². The van der Waals surface area contributed by atoms with Gasteiger partial charge in [0.2, 0.25) is 0 Å². The summed E-state index contributed by atoms with van der Waals surface area (Å²) >= 11 is 6.54. The Labute approximate surface area is 194 Å². The third kappa shape index (κ3) is 3.54. The molecule has 170 valence electrons. The molecule has 5 rings (SSSR count). The summed E-state index contributed by atoms with van der Waals surface area (Å²) in [5, 5.41) is 24.5. The van der Waals surface area contributed by atoms with Crippen LogP contribution in [0.3, 0.4) is 0 Å². The number of carbonyl (C=O) groups is 2. The first-order chi connectivity index (χ1) is 15.8. The fourth-order valence-corrected chi connectivity index (χ4v) is 4.51. The number of amides is 2. The maximum absolute atomic E-state index is 13.4. The molecule has 3 heterocycles. The number of hydrogen-bond donors (Lipinski definition) is 2. The normalized spacial score (nSPS) is 17.9. The van der Waals surface area contributed by atoms with Crippen LogP contribution in [0.15, 0.2) is 42.5 Å². The number of nitrogens with zero attached hydrogens (tertiary/aromatic N) is 4. The molecule has 0 saturated heterocycles. The average molecular weight is 469 g/mol. The first-order valence-corrected chi connectivity index (χ1v) is 10.8. The maximum Gasteiger partial charge on any atom is 0.275 e. The molecule has 2 N–H and O–H groups in total. The number of hydrogen-bond acceptors (Lipinski definition) is 6. The van der Waals surface area contributed by atoms with Crippen molar-refractivity contribution >= 4 is 29.1 Å². The van der Waals surface area contributed by atoms with E-state index in [1.807, 2.05) is 30.3 Å². The Morgan fingerprint density at radius 1 is 1.15 bits per heavy atom. The molecule has 0 fully saturated rings. The van der Waals surface area contributed by atoms with E-state index in [-0.39, 0.29) is 42.0 Å². The predicted octanol–water partition coefficient (Wildman–Crippen LogP) is 2.42. The number of carbonyl (C=O) groups excluding carboxylic acids is 2. The van der Waals surface area contributed by atoms with Gasteiger partial charge in [0, 0.05) is 31.3 Å². The molecule has 0 aliphatic carbocycles. The number of aromatic nitrogens is 2. The standard InChI is InChI=1S/C23H21ClN4O5/c1-26-15-9-17(29)18(30)10-19(15)33-12-16(22(26)31)27-8-7-14-20(23(27)32)25-28(21(14)24)11-13-5-3-2-4-6-13/h2-6,9-10,16,29-30H,7-8,11-12H2,1H3/t16-/m0/s1. The van der Waals surface area contributed by atoms with Crippen molar-refractivity contribution in [3.8, 4) is 17.2 Å². The van der Waals surface area contributed by atoms with Crippen molar-refractivity contribution in [2.75, 3.05) is 25.1 Å². The first-order valence-electron chi connectivity index (χ1n) is 10.4. The third-order valence-corrected chi connectivity index (χ3v) is 6.45. The number of fused-ring (bicyclic) bond motifs is 2. The van der Waals surface area contributed by atoms with Gasteiger partial charge in [0.05, 0.1) is 12.2 Å². The minimum Gasteiger partial charge on any atom is -0.504 e. The SMILES string of the molecule is CN1C(=O)[C@@H](N2CCc3c(nn(Cc4ccccc4)c3Cl)C2=O)COc2cc(O)c(O)cc21. The monoisotopic (exact) mass is 468 g/mol. The summed E-state index contributed by atoms with van der Waals surface area (Å²) in [5.41, 5.74) is 2.21. The van der Waals surface area contributed by atoms with Gasteiger partial charge in [0.15, 0.2) is 17.2 Å². The molecule has 0 spiro atoms. The molecular formula is C23H21ClN4O5. The van der Waals surface area contributed by atoms with Crippen molar-refractivity contribution in [3.63, 3.8) is 0 Å². The maximum atomic E-state index is 13.4. The topological polar surface area (TPSA) is 108 Å². The van der Waals surface area contributed by atoms with E-state index in [4.69, 9.17) is 16.3 Å². The van der Waals surface area contributed by atoms with Crippen LogP contribution < -0.4 is 9.64 Å². The van der Waals surface area contributed by atoms with Crippen molar-refractivity contribution in [2.24, 2.45) is 0 Å². The predicted molar refractivity (Wildman–Crippen MR) is 120 cm³/mol. The van der Waals surface area contributed by atoms with Crippen LogP contribution in [0.5, 0.6) is 17.2 Å². The second kappa shape index (κ2) is 8.00. The number of phenols is 2. The van der Waals surface area contributed by atoms with Gasteiger partial charge in [-0.2, -0.15) is 5.10 Å². The zero-order chi connectivity index (χ0) is 23.3. The molecule has 10 heteroatoms. The molecule has 2 aliphatic rings. The summed E-state index contributed by atoms with van der Waals surface area (Å²) in [7, 11) is 1.53. The lowest BCUT2D eigenvalue weighted by Crippen LogP contribution is -2.54. The van der Waals surface area contributed by atoms with Gasteiger partial charge in [-0.25, -0.2) is 4.68 Å². The lowest BCUT2D eigenvalue weighted by Gasteiger charge is -2.33. The number of halogens is 1. The highest BCUT2D eigenvalue weighted by atomic mass is 35.5. The Bertz CT molecular complexity index is 1260. The van der Waals surface area contributed by atoms with Crippen LogP contribution in [-0.2, 0) is 17.8 Å². The molecule has 0 radical (unpaired) electrons. The third-order valence-electron chi connectivity index (χ3n) is 6.03. The Morgan fingerprint density at radius 3 is 2.64 bits per heavy atom. The van der Waals surface area contributed by atoms with E-state index >= 15 is 0 Å². The summed E-state index contributed by atoms with van der Waals surface area (Å²) in [5.74, 6) is -1.25.